The van der Waals surface area contributed by atoms with Crippen molar-refractivity contribution in [2.24, 2.45) is 0 Å². The fraction of sp³-hybridized carbons (Fsp3) is 0.190. The summed E-state index contributed by atoms with van der Waals surface area (Å²) in [4.78, 5) is 29.7. The van der Waals surface area contributed by atoms with Crippen LogP contribution < -0.4 is 20.1 Å². The summed E-state index contributed by atoms with van der Waals surface area (Å²) < 4.78 is 11.4. The Hall–Kier alpha value is -3.39. The molecule has 2 amide bonds. The number of fused-ring (bicyclic) bond motifs is 1. The van der Waals surface area contributed by atoms with Crippen LogP contribution in [0.2, 0.25) is 0 Å². The van der Waals surface area contributed by atoms with Crippen LogP contribution >= 0.6 is 11.3 Å². The van der Waals surface area contributed by atoms with Gasteiger partial charge in [0.25, 0.3) is 5.91 Å². The first kappa shape index (κ1) is 18.9. The van der Waals surface area contributed by atoms with Gasteiger partial charge in [0.2, 0.25) is 12.0 Å². The normalized spacial score (nSPS) is 15.9. The van der Waals surface area contributed by atoms with E-state index in [0.29, 0.717) is 23.1 Å². The number of hydrogen-bond acceptors (Lipinski definition) is 6. The molecule has 0 saturated heterocycles. The number of amides is 2. The van der Waals surface area contributed by atoms with E-state index < -0.39 is 18.1 Å². The minimum atomic E-state index is -0.837. The Balaban J connectivity index is 1.47. The first-order chi connectivity index (χ1) is 14.2. The van der Waals surface area contributed by atoms with Crippen LogP contribution in [0.25, 0.3) is 0 Å². The van der Waals surface area contributed by atoms with E-state index in [1.807, 2.05) is 42.5 Å². The van der Waals surface area contributed by atoms with Crippen LogP contribution in [0.4, 0.5) is 5.13 Å². The Morgan fingerprint density at radius 3 is 2.62 bits per heavy atom. The van der Waals surface area contributed by atoms with Crippen LogP contribution in [0.3, 0.4) is 0 Å². The molecule has 148 valence electrons. The summed E-state index contributed by atoms with van der Waals surface area (Å²) in [6.07, 6.45) is 1.11. The highest BCUT2D eigenvalue weighted by Gasteiger charge is 2.31. The molecule has 2 N–H and O–H groups in total. The topological polar surface area (TPSA) is 89.6 Å². The highest BCUT2D eigenvalue weighted by molar-refractivity contribution is 7.13. The third kappa shape index (κ3) is 4.72. The van der Waals surface area contributed by atoms with E-state index in [0.717, 1.165) is 5.56 Å². The Kier molecular flexibility index (Phi) is 5.71. The Labute approximate surface area is 171 Å². The number of nitrogens with zero attached hydrogens (tertiary/aromatic N) is 1. The summed E-state index contributed by atoms with van der Waals surface area (Å²) in [5.74, 6) is 0.355. The minimum Gasteiger partial charge on any atom is -0.485 e. The fourth-order valence-electron chi connectivity index (χ4n) is 2.95. The Bertz CT molecular complexity index is 979. The lowest BCUT2D eigenvalue weighted by Crippen LogP contribution is -2.52. The number of carbonyl (C=O) groups excluding carboxylic acids is 2. The third-order valence-corrected chi connectivity index (χ3v) is 5.07. The molecule has 0 radical (unpaired) electrons. The van der Waals surface area contributed by atoms with E-state index in [9.17, 15) is 9.59 Å². The zero-order chi connectivity index (χ0) is 20.1. The molecular formula is C21H19N3O4S. The second kappa shape index (κ2) is 8.74. The van der Waals surface area contributed by atoms with E-state index in [1.54, 1.807) is 23.7 Å². The van der Waals surface area contributed by atoms with Crippen molar-refractivity contribution in [3.8, 4) is 11.5 Å². The number of rotatable bonds is 6. The molecule has 1 aliphatic heterocycles. The molecule has 2 aromatic carbocycles. The van der Waals surface area contributed by atoms with E-state index in [-0.39, 0.29) is 12.5 Å². The number of anilines is 1. The first-order valence-corrected chi connectivity index (χ1v) is 10.00. The van der Waals surface area contributed by atoms with Gasteiger partial charge < -0.3 is 20.1 Å². The van der Waals surface area contributed by atoms with Gasteiger partial charge in [-0.3, -0.25) is 9.59 Å². The summed E-state index contributed by atoms with van der Waals surface area (Å²) >= 11 is 1.31. The van der Waals surface area contributed by atoms with Gasteiger partial charge in [-0.05, 0) is 17.7 Å². The van der Waals surface area contributed by atoms with Crippen molar-refractivity contribution in [3.63, 3.8) is 0 Å². The number of ether oxygens (including phenoxy) is 2. The number of hydrogen-bond donors (Lipinski definition) is 2. The second-order valence-corrected chi connectivity index (χ2v) is 7.34. The highest BCUT2D eigenvalue weighted by Crippen LogP contribution is 2.30. The molecule has 2 atom stereocenters. The summed E-state index contributed by atoms with van der Waals surface area (Å²) in [5, 5.41) is 7.80. The molecule has 29 heavy (non-hydrogen) atoms. The average molecular weight is 409 g/mol. The second-order valence-electron chi connectivity index (χ2n) is 6.44. The van der Waals surface area contributed by atoms with Gasteiger partial charge in [0.1, 0.15) is 12.6 Å². The summed E-state index contributed by atoms with van der Waals surface area (Å²) in [7, 11) is 0. The SMILES string of the molecule is O=C(Nc1nccs1)[C@H](Cc1ccccc1)NC(=O)[C@@H]1COc2ccccc2O1. The predicted molar refractivity (Wildman–Crippen MR) is 109 cm³/mol. The Morgan fingerprint density at radius 1 is 1.10 bits per heavy atom. The zero-order valence-corrected chi connectivity index (χ0v) is 16.2. The Morgan fingerprint density at radius 2 is 1.86 bits per heavy atom. The molecule has 0 unspecified atom stereocenters. The van der Waals surface area contributed by atoms with Gasteiger partial charge in [-0.1, -0.05) is 42.5 Å². The minimum absolute atomic E-state index is 0.0784. The lowest BCUT2D eigenvalue weighted by molar-refractivity contribution is -0.133. The zero-order valence-electron chi connectivity index (χ0n) is 15.4. The molecule has 7 nitrogen and oxygen atoms in total. The number of aromatic nitrogens is 1. The van der Waals surface area contributed by atoms with Crippen molar-refractivity contribution in [1.29, 1.82) is 0 Å². The van der Waals surface area contributed by atoms with Gasteiger partial charge in [-0.15, -0.1) is 11.3 Å². The molecule has 8 heteroatoms. The van der Waals surface area contributed by atoms with Crippen LogP contribution in [0, 0.1) is 0 Å². The van der Waals surface area contributed by atoms with Gasteiger partial charge in [0.15, 0.2) is 16.6 Å². The molecular weight excluding hydrogens is 390 g/mol. The third-order valence-electron chi connectivity index (χ3n) is 4.38. The molecule has 2 heterocycles. The molecule has 0 fully saturated rings. The van der Waals surface area contributed by atoms with E-state index in [2.05, 4.69) is 15.6 Å². The monoisotopic (exact) mass is 409 g/mol. The number of carbonyl (C=O) groups is 2. The van der Waals surface area contributed by atoms with Crippen molar-refractivity contribution < 1.29 is 19.1 Å². The standard InChI is InChI=1S/C21H19N3O4S/c25-19(24-21-22-10-11-29-21)15(12-14-6-2-1-3-7-14)23-20(26)18-13-27-16-8-4-5-9-17(16)28-18/h1-11,15,18H,12-13H2,(H,23,26)(H,22,24,25)/t15-,18-/m0/s1. The van der Waals surface area contributed by atoms with E-state index in [1.165, 1.54) is 11.3 Å². The van der Waals surface area contributed by atoms with Crippen molar-refractivity contribution >= 4 is 28.3 Å². The maximum atomic E-state index is 12.8. The predicted octanol–water partition coefficient (Wildman–Crippen LogP) is 2.65. The average Bonchev–Trinajstić information content (AvgIpc) is 3.26. The van der Waals surface area contributed by atoms with E-state index in [4.69, 9.17) is 9.47 Å². The van der Waals surface area contributed by atoms with Crippen LogP contribution in [-0.2, 0) is 16.0 Å². The molecule has 0 saturated carbocycles. The quantitative estimate of drug-likeness (QED) is 0.653. The smallest absolute Gasteiger partial charge is 0.265 e. The van der Waals surface area contributed by atoms with Gasteiger partial charge in [0.05, 0.1) is 0 Å². The van der Waals surface area contributed by atoms with Crippen LogP contribution in [0.15, 0.2) is 66.2 Å². The molecule has 0 aliphatic carbocycles. The summed E-state index contributed by atoms with van der Waals surface area (Å²) in [6.45, 7) is 0.0784. The van der Waals surface area contributed by atoms with Crippen molar-refractivity contribution in [1.82, 2.24) is 10.3 Å². The highest BCUT2D eigenvalue weighted by atomic mass is 32.1. The largest absolute Gasteiger partial charge is 0.485 e. The number of para-hydroxylation sites is 2. The first-order valence-electron chi connectivity index (χ1n) is 9.12. The van der Waals surface area contributed by atoms with Gasteiger partial charge >= 0.3 is 0 Å². The maximum absolute atomic E-state index is 12.8. The van der Waals surface area contributed by atoms with Gasteiger partial charge in [0, 0.05) is 18.0 Å². The number of benzene rings is 2. The van der Waals surface area contributed by atoms with Crippen molar-refractivity contribution in [2.75, 3.05) is 11.9 Å². The molecule has 1 aromatic heterocycles. The van der Waals surface area contributed by atoms with Crippen molar-refractivity contribution in [3.05, 3.63) is 71.7 Å². The fourth-order valence-corrected chi connectivity index (χ4v) is 3.48. The maximum Gasteiger partial charge on any atom is 0.265 e. The lowest BCUT2D eigenvalue weighted by atomic mass is 10.0. The lowest BCUT2D eigenvalue weighted by Gasteiger charge is -2.27. The molecule has 1 aliphatic rings. The van der Waals surface area contributed by atoms with Gasteiger partial charge in [-0.2, -0.15) is 0 Å². The van der Waals surface area contributed by atoms with Crippen LogP contribution in [-0.4, -0.2) is 35.6 Å². The van der Waals surface area contributed by atoms with Crippen LogP contribution in [0.1, 0.15) is 5.56 Å². The molecule has 0 spiro atoms. The number of thiazole rings is 1. The summed E-state index contributed by atoms with van der Waals surface area (Å²) in [6, 6.07) is 15.9. The van der Waals surface area contributed by atoms with E-state index >= 15 is 0 Å². The number of nitrogens with one attached hydrogen (secondary N) is 2. The van der Waals surface area contributed by atoms with Crippen LogP contribution in [0.5, 0.6) is 11.5 Å². The van der Waals surface area contributed by atoms with Crippen molar-refractivity contribution in [2.45, 2.75) is 18.6 Å². The van der Waals surface area contributed by atoms with Gasteiger partial charge in [-0.25, -0.2) is 4.98 Å². The molecule has 0 bridgehead atoms. The summed E-state index contributed by atoms with van der Waals surface area (Å²) in [5.41, 5.74) is 0.929. The molecule has 4 rings (SSSR count). The molecule has 3 aromatic rings.